The van der Waals surface area contributed by atoms with Gasteiger partial charge in [-0.3, -0.25) is 4.79 Å². The SMILES string of the molecule is O=C(C[NH+]1CCCCCCC1)Nc1cccc(S(=O)(=O)N2CCCC2)c1. The van der Waals surface area contributed by atoms with Crippen molar-refractivity contribution in [2.24, 2.45) is 0 Å². The average molecular weight is 381 g/mol. The molecule has 7 heteroatoms. The number of nitrogens with one attached hydrogen (secondary N) is 2. The number of anilines is 1. The van der Waals surface area contributed by atoms with Crippen LogP contribution in [0, 0.1) is 0 Å². The molecule has 0 unspecified atom stereocenters. The summed E-state index contributed by atoms with van der Waals surface area (Å²) in [4.78, 5) is 14.0. The Hall–Kier alpha value is -1.44. The fourth-order valence-corrected chi connectivity index (χ4v) is 5.39. The lowest BCUT2D eigenvalue weighted by atomic mass is 10.1. The van der Waals surface area contributed by atoms with Gasteiger partial charge in [0.05, 0.1) is 18.0 Å². The minimum Gasteiger partial charge on any atom is -0.327 e. The molecule has 0 atom stereocenters. The van der Waals surface area contributed by atoms with Crippen LogP contribution in [0.5, 0.6) is 0 Å². The number of carbonyl (C=O) groups excluding carboxylic acids is 1. The molecule has 6 nitrogen and oxygen atoms in total. The third-order valence-electron chi connectivity index (χ3n) is 5.29. The number of nitrogens with zero attached hydrogens (tertiary/aromatic N) is 1. The van der Waals surface area contributed by atoms with Crippen molar-refractivity contribution in [2.75, 3.05) is 38.0 Å². The van der Waals surface area contributed by atoms with Crippen molar-refractivity contribution in [3.05, 3.63) is 24.3 Å². The Morgan fingerprint density at radius 1 is 1.00 bits per heavy atom. The van der Waals surface area contributed by atoms with Gasteiger partial charge in [0.15, 0.2) is 6.54 Å². The monoisotopic (exact) mass is 380 g/mol. The summed E-state index contributed by atoms with van der Waals surface area (Å²) >= 11 is 0. The highest BCUT2D eigenvalue weighted by Gasteiger charge is 2.27. The van der Waals surface area contributed by atoms with Crippen molar-refractivity contribution in [3.8, 4) is 0 Å². The van der Waals surface area contributed by atoms with Crippen LogP contribution >= 0.6 is 0 Å². The van der Waals surface area contributed by atoms with Gasteiger partial charge < -0.3 is 10.2 Å². The molecule has 0 aromatic heterocycles. The van der Waals surface area contributed by atoms with Crippen LogP contribution in [0.4, 0.5) is 5.69 Å². The number of benzene rings is 1. The summed E-state index contributed by atoms with van der Waals surface area (Å²) in [5.41, 5.74) is 0.557. The standard InChI is InChI=1S/C19H29N3O3S/c23-19(16-21-11-4-2-1-3-5-12-21)20-17-9-8-10-18(15-17)26(24,25)22-13-6-7-14-22/h8-10,15H,1-7,11-14,16H2,(H,20,23)/p+1. The second-order valence-electron chi connectivity index (χ2n) is 7.38. The molecule has 2 saturated heterocycles. The Bertz CT molecular complexity index is 706. The van der Waals surface area contributed by atoms with E-state index < -0.39 is 10.0 Å². The van der Waals surface area contributed by atoms with Gasteiger partial charge >= 0.3 is 0 Å². The van der Waals surface area contributed by atoms with E-state index in [2.05, 4.69) is 5.32 Å². The maximum Gasteiger partial charge on any atom is 0.279 e. The minimum atomic E-state index is -3.46. The zero-order valence-electron chi connectivity index (χ0n) is 15.4. The molecule has 0 spiro atoms. The lowest BCUT2D eigenvalue weighted by Gasteiger charge is -2.21. The Morgan fingerprint density at radius 2 is 1.65 bits per heavy atom. The molecular weight excluding hydrogens is 350 g/mol. The molecule has 0 radical (unpaired) electrons. The first-order valence-electron chi connectivity index (χ1n) is 9.79. The zero-order valence-corrected chi connectivity index (χ0v) is 16.2. The number of likely N-dealkylation sites (tertiary alicyclic amines) is 1. The summed E-state index contributed by atoms with van der Waals surface area (Å²) in [7, 11) is -3.46. The van der Waals surface area contributed by atoms with E-state index in [-0.39, 0.29) is 10.8 Å². The number of hydrogen-bond donors (Lipinski definition) is 2. The third kappa shape index (κ3) is 5.05. The molecule has 1 amide bonds. The van der Waals surface area contributed by atoms with Gasteiger partial charge in [-0.15, -0.1) is 0 Å². The molecule has 26 heavy (non-hydrogen) atoms. The number of amides is 1. The van der Waals surface area contributed by atoms with Crippen molar-refractivity contribution in [1.29, 1.82) is 0 Å². The maximum atomic E-state index is 12.7. The Balaban J connectivity index is 1.61. The predicted molar refractivity (Wildman–Crippen MR) is 102 cm³/mol. The first-order valence-corrected chi connectivity index (χ1v) is 11.2. The summed E-state index contributed by atoms with van der Waals surface area (Å²) in [5.74, 6) is -0.0451. The molecule has 2 aliphatic rings. The number of carbonyl (C=O) groups is 1. The van der Waals surface area contributed by atoms with Gasteiger partial charge in [0.25, 0.3) is 5.91 Å². The number of quaternary nitrogens is 1. The highest BCUT2D eigenvalue weighted by molar-refractivity contribution is 7.89. The van der Waals surface area contributed by atoms with Gasteiger partial charge in [-0.2, -0.15) is 4.31 Å². The molecule has 0 aliphatic carbocycles. The lowest BCUT2D eigenvalue weighted by molar-refractivity contribution is -0.892. The van der Waals surface area contributed by atoms with Crippen LogP contribution in [0.15, 0.2) is 29.2 Å². The molecule has 1 aromatic rings. The van der Waals surface area contributed by atoms with Crippen molar-refractivity contribution in [1.82, 2.24) is 4.31 Å². The van der Waals surface area contributed by atoms with Gasteiger partial charge in [-0.25, -0.2) is 8.42 Å². The average Bonchev–Trinajstić information content (AvgIpc) is 3.13. The van der Waals surface area contributed by atoms with E-state index in [0.717, 1.165) is 25.9 Å². The highest BCUT2D eigenvalue weighted by atomic mass is 32.2. The molecule has 3 rings (SSSR count). The summed E-state index contributed by atoms with van der Waals surface area (Å²) in [5, 5.41) is 2.89. The second kappa shape index (κ2) is 8.97. The Morgan fingerprint density at radius 3 is 2.35 bits per heavy atom. The molecule has 2 aliphatic heterocycles. The van der Waals surface area contributed by atoms with Crippen LogP contribution in [-0.2, 0) is 14.8 Å². The largest absolute Gasteiger partial charge is 0.327 e. The molecular formula is C19H30N3O3S+. The van der Waals surface area contributed by atoms with Crippen LogP contribution in [0.1, 0.15) is 44.9 Å². The zero-order chi connectivity index (χ0) is 18.4. The number of hydrogen-bond acceptors (Lipinski definition) is 3. The summed E-state index contributed by atoms with van der Waals surface area (Å²) in [6.45, 7) is 3.69. The van der Waals surface area contributed by atoms with Crippen LogP contribution in [0.3, 0.4) is 0 Å². The fraction of sp³-hybridized carbons (Fsp3) is 0.632. The molecule has 0 bridgehead atoms. The van der Waals surface area contributed by atoms with Gasteiger partial charge in [0.2, 0.25) is 10.0 Å². The first kappa shape index (κ1) is 19.3. The van der Waals surface area contributed by atoms with Crippen molar-refractivity contribution < 1.29 is 18.1 Å². The predicted octanol–water partition coefficient (Wildman–Crippen LogP) is 1.26. The van der Waals surface area contributed by atoms with E-state index in [4.69, 9.17) is 0 Å². The van der Waals surface area contributed by atoms with Gasteiger partial charge in [-0.05, 0) is 56.7 Å². The second-order valence-corrected chi connectivity index (χ2v) is 9.32. The molecule has 2 heterocycles. The van der Waals surface area contributed by atoms with Gasteiger partial charge in [0.1, 0.15) is 0 Å². The van der Waals surface area contributed by atoms with E-state index in [9.17, 15) is 13.2 Å². The van der Waals surface area contributed by atoms with E-state index in [1.165, 1.54) is 41.3 Å². The number of sulfonamides is 1. The normalized spacial score (nSPS) is 20.5. The molecule has 144 valence electrons. The van der Waals surface area contributed by atoms with E-state index >= 15 is 0 Å². The van der Waals surface area contributed by atoms with Crippen LogP contribution in [-0.4, -0.2) is 51.4 Å². The number of rotatable bonds is 5. The van der Waals surface area contributed by atoms with Crippen LogP contribution < -0.4 is 10.2 Å². The first-order chi connectivity index (χ1) is 12.6. The summed E-state index contributed by atoms with van der Waals surface area (Å²) in [6.07, 6.45) is 7.97. The van der Waals surface area contributed by atoms with Crippen LogP contribution in [0.25, 0.3) is 0 Å². The third-order valence-corrected chi connectivity index (χ3v) is 7.19. The molecule has 0 saturated carbocycles. The highest BCUT2D eigenvalue weighted by Crippen LogP contribution is 2.23. The molecule has 1 aromatic carbocycles. The maximum absolute atomic E-state index is 12.7. The van der Waals surface area contributed by atoms with Gasteiger partial charge in [-0.1, -0.05) is 12.5 Å². The summed E-state index contributed by atoms with van der Waals surface area (Å²) in [6, 6.07) is 6.63. The smallest absolute Gasteiger partial charge is 0.279 e. The lowest BCUT2D eigenvalue weighted by Crippen LogP contribution is -3.13. The Labute approximate surface area is 156 Å². The molecule has 2 N–H and O–H groups in total. The van der Waals surface area contributed by atoms with E-state index in [0.29, 0.717) is 25.3 Å². The quantitative estimate of drug-likeness (QED) is 0.808. The topological polar surface area (TPSA) is 70.9 Å². The molecule has 2 fully saturated rings. The fourth-order valence-electron chi connectivity index (χ4n) is 3.83. The van der Waals surface area contributed by atoms with Crippen molar-refractivity contribution >= 4 is 21.6 Å². The van der Waals surface area contributed by atoms with Crippen molar-refractivity contribution in [2.45, 2.75) is 49.8 Å². The Kier molecular flexibility index (Phi) is 6.67. The van der Waals surface area contributed by atoms with E-state index in [1.807, 2.05) is 0 Å². The van der Waals surface area contributed by atoms with E-state index in [1.54, 1.807) is 24.3 Å². The van der Waals surface area contributed by atoms with Crippen molar-refractivity contribution in [3.63, 3.8) is 0 Å². The van der Waals surface area contributed by atoms with Gasteiger partial charge in [0, 0.05) is 18.8 Å². The van der Waals surface area contributed by atoms with Crippen LogP contribution in [0.2, 0.25) is 0 Å². The minimum absolute atomic E-state index is 0.0451. The summed E-state index contributed by atoms with van der Waals surface area (Å²) < 4.78 is 26.9.